The van der Waals surface area contributed by atoms with Crippen LogP contribution < -0.4 is 0 Å². The van der Waals surface area contributed by atoms with Crippen molar-refractivity contribution in [3.63, 3.8) is 0 Å². The molecule has 1 saturated heterocycles. The van der Waals surface area contributed by atoms with Gasteiger partial charge in [-0.3, -0.25) is 9.80 Å². The lowest BCUT2D eigenvalue weighted by molar-refractivity contribution is -0.132. The fourth-order valence-corrected chi connectivity index (χ4v) is 5.12. The van der Waals surface area contributed by atoms with Crippen LogP contribution in [0.1, 0.15) is 31.4 Å². The Morgan fingerprint density at radius 1 is 0.921 bits per heavy atom. The van der Waals surface area contributed by atoms with Gasteiger partial charge in [-0.05, 0) is 62.9 Å². The van der Waals surface area contributed by atoms with Crippen LogP contribution in [0, 0.1) is 5.92 Å². The molecule has 0 unspecified atom stereocenters. The molecule has 2 aliphatic rings. The van der Waals surface area contributed by atoms with Crippen LogP contribution in [0.4, 0.5) is 4.79 Å². The molecule has 196 valence electrons. The van der Waals surface area contributed by atoms with Gasteiger partial charge in [0.2, 0.25) is 5.89 Å². The van der Waals surface area contributed by atoms with E-state index in [1.54, 1.807) is 6.08 Å². The molecule has 1 amide bonds. The molecule has 1 aromatic heterocycles. The largest absolute Gasteiger partial charge is 0.478 e. The van der Waals surface area contributed by atoms with Gasteiger partial charge in [-0.25, -0.2) is 14.6 Å². The van der Waals surface area contributed by atoms with Crippen LogP contribution in [0.3, 0.4) is 0 Å². The second-order valence-corrected chi connectivity index (χ2v) is 9.79. The van der Waals surface area contributed by atoms with E-state index in [1.807, 2.05) is 60.7 Å². The number of carboxylic acids is 1. The van der Waals surface area contributed by atoms with Crippen molar-refractivity contribution >= 4 is 12.1 Å². The number of hydrogen-bond acceptors (Lipinski definition) is 5. The fourth-order valence-electron chi connectivity index (χ4n) is 5.12. The van der Waals surface area contributed by atoms with Gasteiger partial charge >= 0.3 is 12.1 Å². The van der Waals surface area contributed by atoms with Gasteiger partial charge < -0.3 is 14.6 Å². The highest BCUT2D eigenvalue weighted by Crippen LogP contribution is 2.32. The second kappa shape index (κ2) is 11.5. The number of nitrogens with zero attached hydrogens (tertiary/aromatic N) is 3. The van der Waals surface area contributed by atoms with E-state index < -0.39 is 12.1 Å². The molecule has 5 rings (SSSR count). The number of oxazole rings is 1. The van der Waals surface area contributed by atoms with Crippen molar-refractivity contribution in [2.75, 3.05) is 19.6 Å². The molecular formula is C30H31N3O5. The molecule has 0 atom stereocenters. The summed E-state index contributed by atoms with van der Waals surface area (Å²) in [5.41, 5.74) is 3.80. The Kier molecular flexibility index (Phi) is 7.70. The Balaban J connectivity index is 1.25. The van der Waals surface area contributed by atoms with E-state index in [9.17, 15) is 14.7 Å². The number of hydrogen-bond donors (Lipinski definition) is 2. The molecule has 38 heavy (non-hydrogen) atoms. The van der Waals surface area contributed by atoms with E-state index in [-0.39, 0.29) is 5.92 Å². The minimum atomic E-state index is -0.991. The molecule has 8 heteroatoms. The first-order valence-electron chi connectivity index (χ1n) is 12.9. The average Bonchev–Trinajstić information content (AvgIpc) is 3.37. The van der Waals surface area contributed by atoms with Crippen molar-refractivity contribution in [3.8, 4) is 22.8 Å². The zero-order valence-electron chi connectivity index (χ0n) is 21.1. The smallest absolute Gasteiger partial charge is 0.411 e. The second-order valence-electron chi connectivity index (χ2n) is 9.79. The van der Waals surface area contributed by atoms with Crippen LogP contribution in [0.2, 0.25) is 0 Å². The summed E-state index contributed by atoms with van der Waals surface area (Å²) in [6.45, 7) is 2.75. The Morgan fingerprint density at radius 3 is 2.16 bits per heavy atom. The van der Waals surface area contributed by atoms with E-state index in [1.165, 1.54) is 11.0 Å². The van der Waals surface area contributed by atoms with Gasteiger partial charge in [0.1, 0.15) is 5.69 Å². The number of aromatic nitrogens is 1. The third-order valence-electron chi connectivity index (χ3n) is 7.26. The van der Waals surface area contributed by atoms with Crippen LogP contribution in [-0.4, -0.2) is 56.7 Å². The van der Waals surface area contributed by atoms with Gasteiger partial charge in [-0.15, -0.1) is 0 Å². The summed E-state index contributed by atoms with van der Waals surface area (Å²) >= 11 is 0. The first-order chi connectivity index (χ1) is 18.5. The highest BCUT2D eigenvalue weighted by molar-refractivity contribution is 5.87. The molecule has 0 radical (unpaired) electrons. The predicted octanol–water partition coefficient (Wildman–Crippen LogP) is 5.89. The highest BCUT2D eigenvalue weighted by Gasteiger charge is 2.28. The molecule has 2 N–H and O–H groups in total. The molecular weight excluding hydrogens is 482 g/mol. The molecule has 0 saturated carbocycles. The monoisotopic (exact) mass is 513 g/mol. The normalized spacial score (nSPS) is 16.5. The summed E-state index contributed by atoms with van der Waals surface area (Å²) in [4.78, 5) is 31.8. The summed E-state index contributed by atoms with van der Waals surface area (Å²) < 4.78 is 6.26. The summed E-state index contributed by atoms with van der Waals surface area (Å²) in [5.74, 6) is 0.667. The van der Waals surface area contributed by atoms with Crippen molar-refractivity contribution in [2.24, 2.45) is 5.92 Å². The van der Waals surface area contributed by atoms with Crippen molar-refractivity contribution in [2.45, 2.75) is 32.2 Å². The Hall–Kier alpha value is -4.17. The van der Waals surface area contributed by atoms with E-state index in [0.717, 1.165) is 48.5 Å². The third-order valence-corrected chi connectivity index (χ3v) is 7.26. The van der Waals surface area contributed by atoms with Crippen LogP contribution >= 0.6 is 0 Å². The predicted molar refractivity (Wildman–Crippen MR) is 143 cm³/mol. The maximum absolute atomic E-state index is 12.0. The maximum Gasteiger partial charge on any atom is 0.411 e. The SMILES string of the molecule is O=C(O)C1=CC=C(N(CC2CCN(Cc3nc(-c4ccccc4)oc3-c3ccccc3)CC2)C(=O)O)CC1. The van der Waals surface area contributed by atoms with E-state index in [2.05, 4.69) is 4.90 Å². The van der Waals surface area contributed by atoms with Crippen LogP contribution in [0.15, 0.2) is 88.5 Å². The van der Waals surface area contributed by atoms with Crippen molar-refractivity contribution < 1.29 is 24.2 Å². The average molecular weight is 514 g/mol. The number of likely N-dealkylation sites (tertiary alicyclic amines) is 1. The van der Waals surface area contributed by atoms with Gasteiger partial charge in [0.05, 0.1) is 0 Å². The van der Waals surface area contributed by atoms with Crippen LogP contribution in [-0.2, 0) is 11.3 Å². The minimum Gasteiger partial charge on any atom is -0.478 e. The molecule has 1 fully saturated rings. The quantitative estimate of drug-likeness (QED) is 0.387. The molecule has 2 aromatic carbocycles. The number of rotatable bonds is 8. The summed E-state index contributed by atoms with van der Waals surface area (Å²) in [5, 5.41) is 19.0. The maximum atomic E-state index is 12.0. The van der Waals surface area contributed by atoms with Crippen molar-refractivity contribution in [3.05, 3.63) is 89.8 Å². The molecule has 1 aliphatic carbocycles. The molecule has 0 bridgehead atoms. The Morgan fingerprint density at radius 2 is 1.58 bits per heavy atom. The van der Waals surface area contributed by atoms with Crippen molar-refractivity contribution in [1.82, 2.24) is 14.8 Å². The fraction of sp³-hybridized carbons (Fsp3) is 0.300. The van der Waals surface area contributed by atoms with Gasteiger partial charge in [-0.1, -0.05) is 54.6 Å². The van der Waals surface area contributed by atoms with Gasteiger partial charge in [-0.2, -0.15) is 0 Å². The van der Waals surface area contributed by atoms with Gasteiger partial charge in [0.15, 0.2) is 5.76 Å². The lowest BCUT2D eigenvalue weighted by Gasteiger charge is -2.34. The van der Waals surface area contributed by atoms with Crippen molar-refractivity contribution in [1.29, 1.82) is 0 Å². The summed E-state index contributed by atoms with van der Waals surface area (Å²) in [6.07, 6.45) is 4.67. The number of carboxylic acid groups (broad SMARTS) is 2. The number of amides is 1. The standard InChI is InChI=1S/C30H31N3O5/c34-29(35)24-11-13-25(14-12-24)33(30(36)37)19-21-15-17-32(18-16-21)20-26-27(22-7-3-1-4-8-22)38-28(31-26)23-9-5-2-6-10-23/h1-11,13,21H,12,14-20H2,(H,34,35)(H,36,37). The zero-order chi connectivity index (χ0) is 26.5. The first-order valence-corrected chi connectivity index (χ1v) is 12.9. The zero-order valence-corrected chi connectivity index (χ0v) is 21.1. The van der Waals surface area contributed by atoms with Crippen LogP contribution in [0.25, 0.3) is 22.8 Å². The molecule has 8 nitrogen and oxygen atoms in total. The minimum absolute atomic E-state index is 0.235. The van der Waals surface area contributed by atoms with E-state index in [4.69, 9.17) is 14.5 Å². The number of piperidine rings is 1. The van der Waals surface area contributed by atoms with Crippen LogP contribution in [0.5, 0.6) is 0 Å². The van der Waals surface area contributed by atoms with Gasteiger partial charge in [0, 0.05) is 35.5 Å². The number of carbonyl (C=O) groups is 2. The lowest BCUT2D eigenvalue weighted by atomic mass is 9.94. The Bertz CT molecular complexity index is 1340. The van der Waals surface area contributed by atoms with E-state index >= 15 is 0 Å². The summed E-state index contributed by atoms with van der Waals surface area (Å²) in [6, 6.07) is 19.9. The molecule has 3 aromatic rings. The Labute approximate surface area is 221 Å². The highest BCUT2D eigenvalue weighted by atomic mass is 16.4. The third kappa shape index (κ3) is 5.86. The van der Waals surface area contributed by atoms with Gasteiger partial charge in [0.25, 0.3) is 0 Å². The number of benzene rings is 2. The first kappa shape index (κ1) is 25.5. The molecule has 0 spiro atoms. The number of allylic oxidation sites excluding steroid dienone is 3. The molecule has 2 heterocycles. The number of aliphatic carboxylic acids is 1. The van der Waals surface area contributed by atoms with E-state index in [0.29, 0.717) is 43.1 Å². The summed E-state index contributed by atoms with van der Waals surface area (Å²) in [7, 11) is 0. The molecule has 1 aliphatic heterocycles. The lowest BCUT2D eigenvalue weighted by Crippen LogP contribution is -2.40. The topological polar surface area (TPSA) is 107 Å².